The first-order chi connectivity index (χ1) is 7.24. The van der Waals surface area contributed by atoms with Crippen molar-refractivity contribution in [2.75, 3.05) is 6.61 Å². The number of hydrogen-bond donors (Lipinski definition) is 3. The molecular weight excluding hydrogens is 196 g/mol. The summed E-state index contributed by atoms with van der Waals surface area (Å²) in [5, 5.41) is 28.4. The Hall–Kier alpha value is -0.160. The fourth-order valence-electron chi connectivity index (χ4n) is 2.56. The van der Waals surface area contributed by atoms with Crippen LogP contribution in [0.2, 0.25) is 0 Å². The molecule has 1 aliphatic heterocycles. The molecule has 0 spiro atoms. The predicted molar refractivity (Wildman–Crippen MR) is 53.8 cm³/mol. The first kappa shape index (κ1) is 11.3. The SMILES string of the molecule is OC[C@H]1O[C](C2CCCCC2)[C@H](O)[C@H]1O. The lowest BCUT2D eigenvalue weighted by molar-refractivity contribution is -0.00929. The van der Waals surface area contributed by atoms with E-state index in [4.69, 9.17) is 9.84 Å². The van der Waals surface area contributed by atoms with Gasteiger partial charge in [-0.25, -0.2) is 0 Å². The summed E-state index contributed by atoms with van der Waals surface area (Å²) in [6.07, 6.45) is 3.68. The lowest BCUT2D eigenvalue weighted by Crippen LogP contribution is -2.33. The van der Waals surface area contributed by atoms with E-state index in [-0.39, 0.29) is 12.5 Å². The topological polar surface area (TPSA) is 69.9 Å². The van der Waals surface area contributed by atoms with Crippen LogP contribution in [0.1, 0.15) is 32.1 Å². The van der Waals surface area contributed by atoms with Crippen LogP contribution < -0.4 is 0 Å². The minimum Gasteiger partial charge on any atom is -0.394 e. The fourth-order valence-corrected chi connectivity index (χ4v) is 2.56. The maximum atomic E-state index is 9.79. The van der Waals surface area contributed by atoms with Gasteiger partial charge < -0.3 is 20.1 Å². The van der Waals surface area contributed by atoms with Gasteiger partial charge in [-0.05, 0) is 18.8 Å². The Morgan fingerprint density at radius 1 is 1.13 bits per heavy atom. The van der Waals surface area contributed by atoms with E-state index in [0.717, 1.165) is 25.7 Å². The van der Waals surface area contributed by atoms with Crippen molar-refractivity contribution in [3.05, 3.63) is 6.10 Å². The van der Waals surface area contributed by atoms with Crippen molar-refractivity contribution in [1.82, 2.24) is 0 Å². The highest BCUT2D eigenvalue weighted by atomic mass is 16.6. The van der Waals surface area contributed by atoms with Gasteiger partial charge >= 0.3 is 0 Å². The van der Waals surface area contributed by atoms with Gasteiger partial charge in [0, 0.05) is 0 Å². The van der Waals surface area contributed by atoms with Crippen LogP contribution in [0.3, 0.4) is 0 Å². The molecule has 1 aliphatic carbocycles. The maximum Gasteiger partial charge on any atom is 0.132 e. The minimum atomic E-state index is -0.966. The van der Waals surface area contributed by atoms with Crippen molar-refractivity contribution >= 4 is 0 Å². The van der Waals surface area contributed by atoms with E-state index in [9.17, 15) is 10.2 Å². The molecule has 1 saturated heterocycles. The lowest BCUT2D eigenvalue weighted by atomic mass is 9.83. The van der Waals surface area contributed by atoms with E-state index in [1.54, 1.807) is 0 Å². The van der Waals surface area contributed by atoms with Crippen molar-refractivity contribution in [3.63, 3.8) is 0 Å². The molecule has 0 bridgehead atoms. The summed E-state index contributed by atoms with van der Waals surface area (Å²) in [6.45, 7) is -0.242. The van der Waals surface area contributed by atoms with E-state index in [2.05, 4.69) is 0 Å². The van der Waals surface area contributed by atoms with Gasteiger partial charge in [0.05, 0.1) is 6.61 Å². The fraction of sp³-hybridized carbons (Fsp3) is 0.909. The standard InChI is InChI=1S/C11H19O4/c12-6-8-9(13)10(14)11(15-8)7-4-2-1-3-5-7/h7-10,12-14H,1-6H2/t8-,9+,10-/m1/s1. The quantitative estimate of drug-likeness (QED) is 0.616. The molecule has 2 aliphatic rings. The van der Waals surface area contributed by atoms with Crippen molar-refractivity contribution in [2.24, 2.45) is 5.92 Å². The van der Waals surface area contributed by atoms with Gasteiger partial charge in [0.25, 0.3) is 0 Å². The molecule has 3 atom stereocenters. The monoisotopic (exact) mass is 215 g/mol. The van der Waals surface area contributed by atoms with Gasteiger partial charge in [-0.3, -0.25) is 0 Å². The molecule has 4 nitrogen and oxygen atoms in total. The second kappa shape index (κ2) is 4.78. The molecule has 1 heterocycles. The molecular formula is C11H19O4. The summed E-state index contributed by atoms with van der Waals surface area (Å²) in [6, 6.07) is 0. The van der Waals surface area contributed by atoms with Crippen molar-refractivity contribution in [1.29, 1.82) is 0 Å². The Labute approximate surface area is 89.9 Å². The molecule has 2 rings (SSSR count). The molecule has 0 amide bonds. The molecule has 2 fully saturated rings. The molecule has 1 saturated carbocycles. The highest BCUT2D eigenvalue weighted by Gasteiger charge is 2.46. The van der Waals surface area contributed by atoms with E-state index >= 15 is 0 Å². The molecule has 15 heavy (non-hydrogen) atoms. The van der Waals surface area contributed by atoms with Crippen LogP contribution in [0.15, 0.2) is 0 Å². The van der Waals surface area contributed by atoms with E-state index in [0.29, 0.717) is 6.10 Å². The summed E-state index contributed by atoms with van der Waals surface area (Å²) < 4.78 is 5.44. The summed E-state index contributed by atoms with van der Waals surface area (Å²) in [5.74, 6) is 0.264. The van der Waals surface area contributed by atoms with Gasteiger partial charge in [0.15, 0.2) is 0 Å². The molecule has 0 aromatic heterocycles. The van der Waals surface area contributed by atoms with E-state index < -0.39 is 18.3 Å². The Kier molecular flexibility index (Phi) is 3.61. The zero-order chi connectivity index (χ0) is 10.8. The van der Waals surface area contributed by atoms with Gasteiger partial charge in [-0.2, -0.15) is 0 Å². The van der Waals surface area contributed by atoms with Gasteiger partial charge in [-0.1, -0.05) is 19.3 Å². The van der Waals surface area contributed by atoms with Crippen LogP contribution in [0, 0.1) is 12.0 Å². The van der Waals surface area contributed by atoms with E-state index in [1.807, 2.05) is 0 Å². The largest absolute Gasteiger partial charge is 0.394 e. The first-order valence-corrected chi connectivity index (χ1v) is 5.74. The Bertz CT molecular complexity index is 203. The van der Waals surface area contributed by atoms with Gasteiger partial charge in [0.1, 0.15) is 24.4 Å². The number of ether oxygens (including phenoxy) is 1. The number of rotatable bonds is 2. The molecule has 0 aromatic carbocycles. The van der Waals surface area contributed by atoms with E-state index in [1.165, 1.54) is 6.42 Å². The molecule has 3 N–H and O–H groups in total. The third-order valence-corrected chi connectivity index (χ3v) is 3.47. The van der Waals surface area contributed by atoms with Crippen LogP contribution in [-0.2, 0) is 4.74 Å². The summed E-state index contributed by atoms with van der Waals surface area (Å²) >= 11 is 0. The average Bonchev–Trinajstić information content (AvgIpc) is 2.57. The zero-order valence-electron chi connectivity index (χ0n) is 8.80. The van der Waals surface area contributed by atoms with Crippen molar-refractivity contribution < 1.29 is 20.1 Å². The van der Waals surface area contributed by atoms with Gasteiger partial charge in [0.2, 0.25) is 0 Å². The van der Waals surface area contributed by atoms with Gasteiger partial charge in [-0.15, -0.1) is 0 Å². The lowest BCUT2D eigenvalue weighted by Gasteiger charge is -2.27. The van der Waals surface area contributed by atoms with Crippen LogP contribution in [0.5, 0.6) is 0 Å². The van der Waals surface area contributed by atoms with Crippen LogP contribution in [0.25, 0.3) is 0 Å². The van der Waals surface area contributed by atoms with Crippen LogP contribution in [-0.4, -0.2) is 40.2 Å². The highest BCUT2D eigenvalue weighted by Crippen LogP contribution is 2.39. The van der Waals surface area contributed by atoms with Crippen molar-refractivity contribution in [3.8, 4) is 0 Å². The molecule has 0 aromatic rings. The number of aliphatic hydroxyl groups excluding tert-OH is 3. The average molecular weight is 215 g/mol. The zero-order valence-corrected chi connectivity index (χ0v) is 8.80. The second-order valence-electron chi connectivity index (χ2n) is 4.51. The molecule has 4 heteroatoms. The Morgan fingerprint density at radius 2 is 1.80 bits per heavy atom. The third-order valence-electron chi connectivity index (χ3n) is 3.47. The predicted octanol–water partition coefficient (Wildman–Crippen LogP) is 0.212. The number of hydrogen-bond acceptors (Lipinski definition) is 4. The molecule has 0 unspecified atom stereocenters. The van der Waals surface area contributed by atoms with Crippen LogP contribution in [0.4, 0.5) is 0 Å². The third kappa shape index (κ3) is 2.18. The normalized spacial score (nSPS) is 39.8. The van der Waals surface area contributed by atoms with Crippen molar-refractivity contribution in [2.45, 2.75) is 50.4 Å². The highest BCUT2D eigenvalue weighted by molar-refractivity contribution is 5.06. The molecule has 87 valence electrons. The maximum absolute atomic E-state index is 9.79. The Balaban J connectivity index is 1.97. The Morgan fingerprint density at radius 3 is 2.33 bits per heavy atom. The molecule has 1 radical (unpaired) electrons. The minimum absolute atomic E-state index is 0.242. The number of aliphatic hydroxyl groups is 3. The summed E-state index contributed by atoms with van der Waals surface area (Å²) in [7, 11) is 0. The first-order valence-electron chi connectivity index (χ1n) is 5.74. The summed E-state index contributed by atoms with van der Waals surface area (Å²) in [5.41, 5.74) is 0. The second-order valence-corrected chi connectivity index (χ2v) is 4.51. The van der Waals surface area contributed by atoms with Crippen LogP contribution >= 0.6 is 0 Å². The summed E-state index contributed by atoms with van der Waals surface area (Å²) in [4.78, 5) is 0. The smallest absolute Gasteiger partial charge is 0.132 e.